The molecule has 1 aromatic carbocycles. The highest BCUT2D eigenvalue weighted by Crippen LogP contribution is 2.29. The number of amides is 1. The van der Waals surface area contributed by atoms with Gasteiger partial charge in [0.15, 0.2) is 5.69 Å². The summed E-state index contributed by atoms with van der Waals surface area (Å²) in [4.78, 5) is 23.7. The van der Waals surface area contributed by atoms with E-state index >= 15 is 0 Å². The molecule has 0 saturated heterocycles. The summed E-state index contributed by atoms with van der Waals surface area (Å²) < 4.78 is 11.5. The standard InChI is InChI=1S/C14H15N3O5/c1-17-12(14(19)20)8(7-15-17)16-13(18)11-9(21-2)5-4-6-10(11)22-3/h4-7H,1-3H3,(H,16,18)(H,19,20). The first-order valence-electron chi connectivity index (χ1n) is 6.27. The van der Waals surface area contributed by atoms with Crippen molar-refractivity contribution in [3.05, 3.63) is 35.7 Å². The highest BCUT2D eigenvalue weighted by atomic mass is 16.5. The zero-order chi connectivity index (χ0) is 16.3. The fourth-order valence-corrected chi connectivity index (χ4v) is 2.04. The van der Waals surface area contributed by atoms with Crippen LogP contribution in [0.5, 0.6) is 11.5 Å². The Morgan fingerprint density at radius 2 is 1.82 bits per heavy atom. The van der Waals surface area contributed by atoms with Crippen LogP contribution in [-0.2, 0) is 7.05 Å². The Labute approximate surface area is 126 Å². The molecule has 0 aliphatic rings. The predicted molar refractivity (Wildman–Crippen MR) is 77.7 cm³/mol. The molecule has 0 aliphatic heterocycles. The summed E-state index contributed by atoms with van der Waals surface area (Å²) in [7, 11) is 4.33. The second-order valence-electron chi connectivity index (χ2n) is 4.33. The highest BCUT2D eigenvalue weighted by molar-refractivity contribution is 6.10. The van der Waals surface area contributed by atoms with Crippen molar-refractivity contribution in [2.75, 3.05) is 19.5 Å². The molecule has 0 fully saturated rings. The molecule has 1 aromatic heterocycles. The number of aromatic carboxylic acids is 1. The lowest BCUT2D eigenvalue weighted by Gasteiger charge is -2.12. The minimum atomic E-state index is -1.19. The van der Waals surface area contributed by atoms with Gasteiger partial charge in [-0.1, -0.05) is 6.07 Å². The molecule has 0 atom stereocenters. The number of ether oxygens (including phenoxy) is 2. The van der Waals surface area contributed by atoms with E-state index in [1.165, 1.54) is 27.5 Å². The first-order valence-corrected chi connectivity index (χ1v) is 6.27. The lowest BCUT2D eigenvalue weighted by molar-refractivity contribution is 0.0686. The summed E-state index contributed by atoms with van der Waals surface area (Å²) in [6, 6.07) is 4.90. The van der Waals surface area contributed by atoms with E-state index in [0.29, 0.717) is 11.5 Å². The Morgan fingerprint density at radius 1 is 1.23 bits per heavy atom. The molecule has 0 aliphatic carbocycles. The van der Waals surface area contributed by atoms with Crippen molar-refractivity contribution in [3.63, 3.8) is 0 Å². The third-order valence-corrected chi connectivity index (χ3v) is 3.04. The molecule has 0 radical (unpaired) electrons. The quantitative estimate of drug-likeness (QED) is 0.865. The predicted octanol–water partition coefficient (Wildman–Crippen LogP) is 1.39. The Bertz CT molecular complexity index is 701. The lowest BCUT2D eigenvalue weighted by Crippen LogP contribution is -2.17. The van der Waals surface area contributed by atoms with E-state index in [9.17, 15) is 9.59 Å². The molecular weight excluding hydrogens is 290 g/mol. The number of anilines is 1. The number of aryl methyl sites for hydroxylation is 1. The zero-order valence-electron chi connectivity index (χ0n) is 12.3. The van der Waals surface area contributed by atoms with E-state index in [-0.39, 0.29) is 16.9 Å². The Kier molecular flexibility index (Phi) is 4.31. The number of benzene rings is 1. The molecule has 116 valence electrons. The minimum absolute atomic E-state index is 0.0907. The van der Waals surface area contributed by atoms with Gasteiger partial charge in [-0.3, -0.25) is 9.48 Å². The van der Waals surface area contributed by atoms with Crippen molar-refractivity contribution in [1.82, 2.24) is 9.78 Å². The van der Waals surface area contributed by atoms with Crippen LogP contribution in [0.1, 0.15) is 20.8 Å². The number of methoxy groups -OCH3 is 2. The average molecular weight is 305 g/mol. The summed E-state index contributed by atoms with van der Waals surface area (Å²) in [6.07, 6.45) is 1.27. The van der Waals surface area contributed by atoms with E-state index in [1.54, 1.807) is 18.2 Å². The first-order chi connectivity index (χ1) is 10.5. The molecule has 2 aromatic rings. The van der Waals surface area contributed by atoms with Crippen LogP contribution in [0, 0.1) is 0 Å². The van der Waals surface area contributed by atoms with Gasteiger partial charge in [0.1, 0.15) is 17.1 Å². The third kappa shape index (κ3) is 2.71. The number of rotatable bonds is 5. The molecular formula is C14H15N3O5. The van der Waals surface area contributed by atoms with Crippen LogP contribution in [0.2, 0.25) is 0 Å². The van der Waals surface area contributed by atoms with Crippen LogP contribution in [0.3, 0.4) is 0 Å². The Balaban J connectivity index is 2.40. The maximum Gasteiger partial charge on any atom is 0.356 e. The molecule has 2 N–H and O–H groups in total. The number of hydrogen-bond acceptors (Lipinski definition) is 5. The van der Waals surface area contributed by atoms with Gasteiger partial charge in [0.2, 0.25) is 0 Å². The molecule has 1 amide bonds. The summed E-state index contributed by atoms with van der Waals surface area (Å²) in [5.41, 5.74) is 0.142. The van der Waals surface area contributed by atoms with Gasteiger partial charge in [0, 0.05) is 7.05 Å². The first kappa shape index (κ1) is 15.4. The number of nitrogens with one attached hydrogen (secondary N) is 1. The van der Waals surface area contributed by atoms with Crippen LogP contribution < -0.4 is 14.8 Å². The van der Waals surface area contributed by atoms with Crippen LogP contribution in [-0.4, -0.2) is 41.0 Å². The van der Waals surface area contributed by atoms with Crippen LogP contribution in [0.4, 0.5) is 5.69 Å². The molecule has 1 heterocycles. The van der Waals surface area contributed by atoms with Gasteiger partial charge in [0.05, 0.1) is 26.1 Å². The number of nitrogens with zero attached hydrogens (tertiary/aromatic N) is 2. The molecule has 8 heteroatoms. The largest absolute Gasteiger partial charge is 0.496 e. The van der Waals surface area contributed by atoms with E-state index in [2.05, 4.69) is 10.4 Å². The maximum atomic E-state index is 12.5. The molecule has 8 nitrogen and oxygen atoms in total. The summed E-state index contributed by atoms with van der Waals surface area (Å²) in [5, 5.41) is 15.5. The molecule has 0 saturated carbocycles. The summed E-state index contributed by atoms with van der Waals surface area (Å²) in [6.45, 7) is 0. The number of aromatic nitrogens is 2. The van der Waals surface area contributed by atoms with Crippen molar-refractivity contribution in [3.8, 4) is 11.5 Å². The molecule has 2 rings (SSSR count). The van der Waals surface area contributed by atoms with Crippen LogP contribution in [0.15, 0.2) is 24.4 Å². The van der Waals surface area contributed by atoms with Crippen molar-refractivity contribution >= 4 is 17.6 Å². The average Bonchev–Trinajstić information content (AvgIpc) is 2.86. The van der Waals surface area contributed by atoms with Gasteiger partial charge >= 0.3 is 5.97 Å². The van der Waals surface area contributed by atoms with E-state index < -0.39 is 11.9 Å². The van der Waals surface area contributed by atoms with Crippen molar-refractivity contribution in [2.24, 2.45) is 7.05 Å². The molecule has 22 heavy (non-hydrogen) atoms. The summed E-state index contributed by atoms with van der Waals surface area (Å²) in [5.74, 6) is -1.11. The van der Waals surface area contributed by atoms with E-state index in [0.717, 1.165) is 4.68 Å². The summed E-state index contributed by atoms with van der Waals surface area (Å²) >= 11 is 0. The van der Waals surface area contributed by atoms with Crippen LogP contribution in [0.25, 0.3) is 0 Å². The SMILES string of the molecule is COc1cccc(OC)c1C(=O)Nc1cnn(C)c1C(=O)O. The third-order valence-electron chi connectivity index (χ3n) is 3.04. The van der Waals surface area contributed by atoms with Gasteiger partial charge in [-0.25, -0.2) is 4.79 Å². The molecule has 0 unspecified atom stereocenters. The minimum Gasteiger partial charge on any atom is -0.496 e. The second kappa shape index (κ2) is 6.17. The maximum absolute atomic E-state index is 12.5. The monoisotopic (exact) mass is 305 g/mol. The normalized spacial score (nSPS) is 10.1. The van der Waals surface area contributed by atoms with Crippen molar-refractivity contribution in [1.29, 1.82) is 0 Å². The van der Waals surface area contributed by atoms with Gasteiger partial charge in [-0.15, -0.1) is 0 Å². The van der Waals surface area contributed by atoms with Gasteiger partial charge in [0.25, 0.3) is 5.91 Å². The molecule has 0 spiro atoms. The Hall–Kier alpha value is -3.03. The van der Waals surface area contributed by atoms with Crippen molar-refractivity contribution < 1.29 is 24.2 Å². The van der Waals surface area contributed by atoms with Crippen molar-refractivity contribution in [2.45, 2.75) is 0 Å². The fraction of sp³-hybridized carbons (Fsp3) is 0.214. The molecule has 0 bridgehead atoms. The van der Waals surface area contributed by atoms with E-state index in [1.807, 2.05) is 0 Å². The topological polar surface area (TPSA) is 103 Å². The number of hydrogen-bond donors (Lipinski definition) is 2. The van der Waals surface area contributed by atoms with Gasteiger partial charge in [-0.2, -0.15) is 5.10 Å². The van der Waals surface area contributed by atoms with Gasteiger partial charge in [-0.05, 0) is 12.1 Å². The Morgan fingerprint density at radius 3 is 2.32 bits per heavy atom. The van der Waals surface area contributed by atoms with E-state index in [4.69, 9.17) is 14.6 Å². The number of carboxylic acids is 1. The number of carboxylic acid groups (broad SMARTS) is 1. The second-order valence-corrected chi connectivity index (χ2v) is 4.33. The number of carbonyl (C=O) groups excluding carboxylic acids is 1. The zero-order valence-corrected chi connectivity index (χ0v) is 12.3. The smallest absolute Gasteiger partial charge is 0.356 e. The fourth-order valence-electron chi connectivity index (χ4n) is 2.04. The number of carbonyl (C=O) groups is 2. The van der Waals surface area contributed by atoms with Crippen LogP contribution >= 0.6 is 0 Å². The lowest BCUT2D eigenvalue weighted by atomic mass is 10.1. The van der Waals surface area contributed by atoms with Gasteiger partial charge < -0.3 is 19.9 Å². The highest BCUT2D eigenvalue weighted by Gasteiger charge is 2.22.